The number of aliphatic carboxylic acids is 1. The van der Waals surface area contributed by atoms with Crippen LogP contribution in [-0.2, 0) is 29.0 Å². The number of carbonyl (C=O) groups excluding carboxylic acids is 2. The molecule has 1 N–H and O–H groups in total. The lowest BCUT2D eigenvalue weighted by molar-refractivity contribution is -0.142. The standard InChI is InChI=1S/C17H24N4O5.C2H6/c1-17(2,3)26-16(25)20-6-5-12-11(9-20)13-14(22)19(4)7-10(15(23)24)8-21(13)18-12;1-2/h10H,5-9H2,1-4H3,(H,23,24);1-2H3. The van der Waals surface area contributed by atoms with E-state index in [1.807, 2.05) is 13.8 Å². The molecule has 1 aromatic rings. The first-order valence-electron chi connectivity index (χ1n) is 9.61. The Morgan fingerprint density at radius 1 is 1.21 bits per heavy atom. The third-order valence-corrected chi connectivity index (χ3v) is 4.54. The molecular weight excluding hydrogens is 364 g/mol. The lowest BCUT2D eigenvalue weighted by Crippen LogP contribution is -2.40. The molecular formula is C19H30N4O5. The zero-order valence-corrected chi connectivity index (χ0v) is 17.5. The summed E-state index contributed by atoms with van der Waals surface area (Å²) in [6.07, 6.45) is 0.0736. The van der Waals surface area contributed by atoms with Crippen LogP contribution in [0.5, 0.6) is 0 Å². The van der Waals surface area contributed by atoms with Crippen molar-refractivity contribution in [1.29, 1.82) is 0 Å². The number of carboxylic acids is 1. The Kier molecular flexibility index (Phi) is 6.36. The van der Waals surface area contributed by atoms with Crippen molar-refractivity contribution in [3.63, 3.8) is 0 Å². The largest absolute Gasteiger partial charge is 0.481 e. The van der Waals surface area contributed by atoms with Crippen LogP contribution >= 0.6 is 0 Å². The number of nitrogens with zero attached hydrogens (tertiary/aromatic N) is 4. The zero-order chi connectivity index (χ0) is 21.2. The topological polar surface area (TPSA) is 105 Å². The summed E-state index contributed by atoms with van der Waals surface area (Å²) < 4.78 is 6.91. The Morgan fingerprint density at radius 2 is 1.86 bits per heavy atom. The summed E-state index contributed by atoms with van der Waals surface area (Å²) in [4.78, 5) is 39.6. The molecule has 28 heavy (non-hydrogen) atoms. The molecule has 2 amide bonds. The fourth-order valence-corrected chi connectivity index (χ4v) is 3.30. The maximum Gasteiger partial charge on any atom is 0.410 e. The van der Waals surface area contributed by atoms with E-state index < -0.39 is 23.6 Å². The molecule has 9 heteroatoms. The molecule has 156 valence electrons. The summed E-state index contributed by atoms with van der Waals surface area (Å²) in [5.74, 6) is -1.94. The first-order chi connectivity index (χ1) is 13.1. The van der Waals surface area contributed by atoms with E-state index in [1.165, 1.54) is 9.58 Å². The molecule has 1 unspecified atom stereocenters. The molecule has 0 saturated heterocycles. The Labute approximate surface area is 165 Å². The van der Waals surface area contributed by atoms with Crippen LogP contribution in [-0.4, -0.2) is 68.4 Å². The van der Waals surface area contributed by atoms with E-state index in [0.29, 0.717) is 24.2 Å². The first-order valence-corrected chi connectivity index (χ1v) is 9.61. The van der Waals surface area contributed by atoms with Gasteiger partial charge in [0.2, 0.25) is 0 Å². The fourth-order valence-electron chi connectivity index (χ4n) is 3.30. The average molecular weight is 394 g/mol. The van der Waals surface area contributed by atoms with Crippen LogP contribution in [0, 0.1) is 5.92 Å². The van der Waals surface area contributed by atoms with E-state index >= 15 is 0 Å². The summed E-state index contributed by atoms with van der Waals surface area (Å²) in [7, 11) is 1.59. The van der Waals surface area contributed by atoms with Gasteiger partial charge in [-0.25, -0.2) is 4.79 Å². The summed E-state index contributed by atoms with van der Waals surface area (Å²) in [5.41, 5.74) is 1.20. The van der Waals surface area contributed by atoms with Crippen molar-refractivity contribution in [2.75, 3.05) is 20.1 Å². The van der Waals surface area contributed by atoms with E-state index in [1.54, 1.807) is 32.7 Å². The minimum absolute atomic E-state index is 0.127. The van der Waals surface area contributed by atoms with Crippen molar-refractivity contribution in [3.8, 4) is 0 Å². The van der Waals surface area contributed by atoms with Crippen molar-refractivity contribution in [1.82, 2.24) is 19.6 Å². The summed E-state index contributed by atoms with van der Waals surface area (Å²) in [6, 6.07) is 0. The fraction of sp³-hybridized carbons (Fsp3) is 0.684. The predicted molar refractivity (Wildman–Crippen MR) is 102 cm³/mol. The molecule has 0 bridgehead atoms. The van der Waals surface area contributed by atoms with Crippen molar-refractivity contribution in [3.05, 3.63) is 17.0 Å². The minimum atomic E-state index is -0.957. The Hall–Kier alpha value is -2.58. The SMILES string of the molecule is CC.CN1CC(C(=O)O)Cn2nc3c(c2C1=O)CN(C(=O)OC(C)(C)C)CC3. The van der Waals surface area contributed by atoms with Crippen molar-refractivity contribution in [2.45, 2.75) is 59.7 Å². The average Bonchev–Trinajstić information content (AvgIpc) is 2.91. The minimum Gasteiger partial charge on any atom is -0.481 e. The number of hydrogen-bond donors (Lipinski definition) is 1. The number of rotatable bonds is 1. The molecule has 0 saturated carbocycles. The summed E-state index contributed by atoms with van der Waals surface area (Å²) >= 11 is 0. The molecule has 3 rings (SSSR count). The van der Waals surface area contributed by atoms with Gasteiger partial charge >= 0.3 is 12.1 Å². The number of ether oxygens (including phenoxy) is 1. The van der Waals surface area contributed by atoms with Crippen LogP contribution in [0.1, 0.15) is 56.4 Å². The molecule has 0 fully saturated rings. The number of fused-ring (bicyclic) bond motifs is 3. The highest BCUT2D eigenvalue weighted by Crippen LogP contribution is 2.27. The Balaban J connectivity index is 0.00000136. The quantitative estimate of drug-likeness (QED) is 0.781. The van der Waals surface area contributed by atoms with E-state index in [0.717, 1.165) is 5.69 Å². The van der Waals surface area contributed by atoms with Gasteiger partial charge < -0.3 is 19.6 Å². The number of aromatic nitrogens is 2. The van der Waals surface area contributed by atoms with E-state index in [2.05, 4.69) is 5.10 Å². The van der Waals surface area contributed by atoms with Gasteiger partial charge in [0, 0.05) is 32.1 Å². The van der Waals surface area contributed by atoms with Crippen LogP contribution in [0.4, 0.5) is 4.79 Å². The van der Waals surface area contributed by atoms with Gasteiger partial charge in [-0.15, -0.1) is 0 Å². The van der Waals surface area contributed by atoms with Gasteiger partial charge in [0.1, 0.15) is 11.3 Å². The monoisotopic (exact) mass is 394 g/mol. The summed E-state index contributed by atoms with van der Waals surface area (Å²) in [5, 5.41) is 13.8. The van der Waals surface area contributed by atoms with Gasteiger partial charge in [0.25, 0.3) is 5.91 Å². The van der Waals surface area contributed by atoms with Crippen molar-refractivity contribution < 1.29 is 24.2 Å². The highest BCUT2D eigenvalue weighted by Gasteiger charge is 2.37. The molecule has 9 nitrogen and oxygen atoms in total. The van der Waals surface area contributed by atoms with Crippen LogP contribution in [0.2, 0.25) is 0 Å². The van der Waals surface area contributed by atoms with Crippen LogP contribution in [0.15, 0.2) is 0 Å². The molecule has 1 atom stereocenters. The normalized spacial score (nSPS) is 19.1. The molecule has 1 aromatic heterocycles. The summed E-state index contributed by atoms with van der Waals surface area (Å²) in [6.45, 7) is 10.4. The molecule has 2 aliphatic rings. The molecule has 0 radical (unpaired) electrons. The second-order valence-corrected chi connectivity index (χ2v) is 7.83. The maximum absolute atomic E-state index is 12.8. The van der Waals surface area contributed by atoms with Crippen molar-refractivity contribution >= 4 is 18.0 Å². The van der Waals surface area contributed by atoms with Gasteiger partial charge in [-0.1, -0.05) is 13.8 Å². The van der Waals surface area contributed by atoms with Gasteiger partial charge in [-0.05, 0) is 20.8 Å². The molecule has 0 spiro atoms. The number of amides is 2. The van der Waals surface area contributed by atoms with Gasteiger partial charge in [0.15, 0.2) is 0 Å². The third-order valence-electron chi connectivity index (χ3n) is 4.54. The highest BCUT2D eigenvalue weighted by molar-refractivity contribution is 5.95. The van der Waals surface area contributed by atoms with Crippen LogP contribution in [0.25, 0.3) is 0 Å². The Bertz CT molecular complexity index is 765. The lowest BCUT2D eigenvalue weighted by atomic mass is 10.1. The van der Waals surface area contributed by atoms with Crippen LogP contribution in [0.3, 0.4) is 0 Å². The van der Waals surface area contributed by atoms with Gasteiger partial charge in [-0.2, -0.15) is 5.10 Å². The zero-order valence-electron chi connectivity index (χ0n) is 17.5. The first kappa shape index (κ1) is 21.7. The number of carboxylic acid groups (broad SMARTS) is 1. The number of hydrogen-bond acceptors (Lipinski definition) is 5. The second-order valence-electron chi connectivity index (χ2n) is 7.83. The molecule has 0 aliphatic carbocycles. The van der Waals surface area contributed by atoms with Crippen molar-refractivity contribution in [2.24, 2.45) is 5.92 Å². The second kappa shape index (κ2) is 8.20. The molecule has 3 heterocycles. The maximum atomic E-state index is 12.8. The molecule has 2 aliphatic heterocycles. The highest BCUT2D eigenvalue weighted by atomic mass is 16.6. The smallest absolute Gasteiger partial charge is 0.410 e. The van der Waals surface area contributed by atoms with Gasteiger partial charge in [-0.3, -0.25) is 14.3 Å². The lowest BCUT2D eigenvalue weighted by Gasteiger charge is -2.30. The molecule has 0 aromatic carbocycles. The van der Waals surface area contributed by atoms with E-state index in [-0.39, 0.29) is 25.5 Å². The van der Waals surface area contributed by atoms with Gasteiger partial charge in [0.05, 0.1) is 24.7 Å². The van der Waals surface area contributed by atoms with E-state index in [4.69, 9.17) is 4.74 Å². The number of carbonyl (C=O) groups is 3. The predicted octanol–water partition coefficient (Wildman–Crippen LogP) is 1.99. The third kappa shape index (κ3) is 4.45. The van der Waals surface area contributed by atoms with Crippen LogP contribution < -0.4 is 0 Å². The van der Waals surface area contributed by atoms with E-state index in [9.17, 15) is 19.5 Å². The Morgan fingerprint density at radius 3 is 2.43 bits per heavy atom.